The molecular formula is C16H27N5O2S. The van der Waals surface area contributed by atoms with Crippen LogP contribution in [-0.4, -0.2) is 73.1 Å². The van der Waals surface area contributed by atoms with E-state index in [-0.39, 0.29) is 11.3 Å². The topological polar surface area (TPSA) is 70.6 Å². The molecule has 0 aliphatic carbocycles. The summed E-state index contributed by atoms with van der Waals surface area (Å²) in [5, 5.41) is 4.32. The molecule has 3 rings (SSSR count). The molecule has 0 bridgehead atoms. The average Bonchev–Trinajstić information content (AvgIpc) is 2.88. The van der Waals surface area contributed by atoms with Crippen molar-refractivity contribution in [1.29, 1.82) is 0 Å². The number of carbonyl (C=O) groups excluding carboxylic acids is 1. The molecule has 2 fully saturated rings. The average molecular weight is 353 g/mol. The Morgan fingerprint density at radius 3 is 2.75 bits per heavy atom. The van der Waals surface area contributed by atoms with E-state index in [4.69, 9.17) is 4.74 Å². The van der Waals surface area contributed by atoms with Gasteiger partial charge in [-0.25, -0.2) is 4.98 Å². The minimum absolute atomic E-state index is 0.265. The first-order valence-corrected chi connectivity index (χ1v) is 9.46. The van der Waals surface area contributed by atoms with E-state index < -0.39 is 0 Å². The summed E-state index contributed by atoms with van der Waals surface area (Å²) in [5.41, 5.74) is -0.353. The molecule has 0 radical (unpaired) electrons. The van der Waals surface area contributed by atoms with E-state index in [1.54, 1.807) is 7.11 Å². The second-order valence-corrected chi connectivity index (χ2v) is 7.45. The molecule has 2 saturated heterocycles. The lowest BCUT2D eigenvalue weighted by Crippen LogP contribution is -2.52. The highest BCUT2D eigenvalue weighted by Crippen LogP contribution is 2.32. The molecule has 0 atom stereocenters. The Balaban J connectivity index is 1.67. The predicted molar refractivity (Wildman–Crippen MR) is 94.5 cm³/mol. The Morgan fingerprint density at radius 1 is 1.29 bits per heavy atom. The Labute approximate surface area is 147 Å². The van der Waals surface area contributed by atoms with Crippen molar-refractivity contribution < 1.29 is 9.53 Å². The molecule has 0 spiro atoms. The maximum Gasteiger partial charge on any atom is 0.231 e. The van der Waals surface area contributed by atoms with Gasteiger partial charge in [-0.2, -0.15) is 4.37 Å². The number of carbonyl (C=O) groups is 1. The Hall–Kier alpha value is -1.25. The quantitative estimate of drug-likeness (QED) is 0.867. The first-order chi connectivity index (χ1) is 11.6. The number of hydrogen-bond acceptors (Lipinski definition) is 7. The van der Waals surface area contributed by atoms with Crippen LogP contribution in [0.1, 0.15) is 25.1 Å². The molecule has 24 heavy (non-hydrogen) atoms. The molecule has 3 heterocycles. The summed E-state index contributed by atoms with van der Waals surface area (Å²) in [6.45, 7) is 7.52. The van der Waals surface area contributed by atoms with E-state index in [9.17, 15) is 4.79 Å². The number of nitrogens with zero attached hydrogens (tertiary/aromatic N) is 4. The second kappa shape index (κ2) is 7.76. The van der Waals surface area contributed by atoms with Gasteiger partial charge >= 0.3 is 0 Å². The number of ether oxygens (including phenoxy) is 1. The van der Waals surface area contributed by atoms with Crippen molar-refractivity contribution >= 4 is 22.6 Å². The van der Waals surface area contributed by atoms with Crippen LogP contribution >= 0.6 is 11.5 Å². The molecule has 0 aromatic carbocycles. The summed E-state index contributed by atoms with van der Waals surface area (Å²) < 4.78 is 9.69. The lowest BCUT2D eigenvalue weighted by atomic mass is 9.78. The predicted octanol–water partition coefficient (Wildman–Crippen LogP) is 0.901. The van der Waals surface area contributed by atoms with Gasteiger partial charge in [0.05, 0.1) is 12.0 Å². The number of aromatic nitrogens is 2. The molecular weight excluding hydrogens is 326 g/mol. The zero-order valence-corrected chi connectivity index (χ0v) is 15.4. The number of methoxy groups -OCH3 is 1. The second-order valence-electron chi connectivity index (χ2n) is 6.72. The summed E-state index contributed by atoms with van der Waals surface area (Å²) in [4.78, 5) is 22.0. The Kier molecular flexibility index (Phi) is 5.68. The standard InChI is InChI=1S/C16H27N5O2S/c1-13-18-15(24-19-13)21-9-3-8-20(10-11-21)14(22)16(12-23-2)4-6-17-7-5-16/h17H,3-12H2,1-2H3. The number of anilines is 1. The smallest absolute Gasteiger partial charge is 0.231 e. The number of amides is 1. The van der Waals surface area contributed by atoms with Crippen molar-refractivity contribution in [2.45, 2.75) is 26.2 Å². The van der Waals surface area contributed by atoms with Gasteiger partial charge in [0.1, 0.15) is 5.82 Å². The number of piperidine rings is 1. The van der Waals surface area contributed by atoms with Gasteiger partial charge in [0.15, 0.2) is 0 Å². The fourth-order valence-corrected chi connectivity index (χ4v) is 4.39. The molecule has 1 aromatic heterocycles. The lowest BCUT2D eigenvalue weighted by Gasteiger charge is -2.39. The minimum Gasteiger partial charge on any atom is -0.384 e. The Bertz CT molecular complexity index is 553. The van der Waals surface area contributed by atoms with Gasteiger partial charge in [0, 0.05) is 44.8 Å². The van der Waals surface area contributed by atoms with Crippen LogP contribution < -0.4 is 10.2 Å². The van der Waals surface area contributed by atoms with Crippen LogP contribution in [-0.2, 0) is 9.53 Å². The molecule has 0 saturated carbocycles. The van der Waals surface area contributed by atoms with Crippen LogP contribution in [0.2, 0.25) is 0 Å². The van der Waals surface area contributed by atoms with Crippen LogP contribution in [0.3, 0.4) is 0 Å². The highest BCUT2D eigenvalue weighted by Gasteiger charge is 2.42. The highest BCUT2D eigenvalue weighted by molar-refractivity contribution is 7.09. The molecule has 1 aromatic rings. The first-order valence-electron chi connectivity index (χ1n) is 8.69. The van der Waals surface area contributed by atoms with Gasteiger partial charge < -0.3 is 19.9 Å². The van der Waals surface area contributed by atoms with E-state index >= 15 is 0 Å². The molecule has 0 unspecified atom stereocenters. The van der Waals surface area contributed by atoms with Gasteiger partial charge in [-0.1, -0.05) is 0 Å². The summed E-state index contributed by atoms with van der Waals surface area (Å²) in [5.74, 6) is 1.09. The summed E-state index contributed by atoms with van der Waals surface area (Å²) in [6, 6.07) is 0. The summed E-state index contributed by atoms with van der Waals surface area (Å²) >= 11 is 1.44. The number of rotatable bonds is 4. The van der Waals surface area contributed by atoms with Crippen molar-refractivity contribution in [3.8, 4) is 0 Å². The number of nitrogens with one attached hydrogen (secondary N) is 1. The molecule has 2 aliphatic rings. The van der Waals surface area contributed by atoms with Crippen molar-refractivity contribution in [3.63, 3.8) is 0 Å². The third kappa shape index (κ3) is 3.70. The Morgan fingerprint density at radius 2 is 2.08 bits per heavy atom. The summed E-state index contributed by atoms with van der Waals surface area (Å²) in [7, 11) is 1.69. The van der Waals surface area contributed by atoms with Gasteiger partial charge in [-0.05, 0) is 39.3 Å². The summed E-state index contributed by atoms with van der Waals surface area (Å²) in [6.07, 6.45) is 2.68. The van der Waals surface area contributed by atoms with Crippen LogP contribution in [0.15, 0.2) is 0 Å². The van der Waals surface area contributed by atoms with Crippen LogP contribution in [0.5, 0.6) is 0 Å². The van der Waals surface area contributed by atoms with E-state index in [2.05, 4.69) is 19.6 Å². The first kappa shape index (κ1) is 17.6. The van der Waals surface area contributed by atoms with Crippen molar-refractivity contribution in [2.75, 3.05) is 57.9 Å². The molecule has 1 amide bonds. The van der Waals surface area contributed by atoms with E-state index in [1.165, 1.54) is 11.5 Å². The van der Waals surface area contributed by atoms with E-state index in [1.807, 2.05) is 11.8 Å². The zero-order chi connectivity index (χ0) is 17.0. The monoisotopic (exact) mass is 353 g/mol. The molecule has 134 valence electrons. The normalized spacial score (nSPS) is 21.6. The molecule has 7 nitrogen and oxygen atoms in total. The van der Waals surface area contributed by atoms with Crippen LogP contribution in [0.25, 0.3) is 0 Å². The maximum atomic E-state index is 13.2. The number of aryl methyl sites for hydroxylation is 1. The van der Waals surface area contributed by atoms with E-state index in [0.717, 1.165) is 69.5 Å². The highest BCUT2D eigenvalue weighted by atomic mass is 32.1. The van der Waals surface area contributed by atoms with Gasteiger partial charge in [-0.3, -0.25) is 4.79 Å². The van der Waals surface area contributed by atoms with Crippen LogP contribution in [0, 0.1) is 12.3 Å². The van der Waals surface area contributed by atoms with E-state index in [0.29, 0.717) is 6.61 Å². The van der Waals surface area contributed by atoms with Gasteiger partial charge in [0.2, 0.25) is 11.0 Å². The van der Waals surface area contributed by atoms with Gasteiger partial charge in [-0.15, -0.1) is 0 Å². The fraction of sp³-hybridized carbons (Fsp3) is 0.812. The fourth-order valence-electron chi connectivity index (χ4n) is 3.66. The molecule has 8 heteroatoms. The third-order valence-corrected chi connectivity index (χ3v) is 5.87. The molecule has 2 aliphatic heterocycles. The minimum atomic E-state index is -0.353. The zero-order valence-electron chi connectivity index (χ0n) is 14.6. The lowest BCUT2D eigenvalue weighted by molar-refractivity contribution is -0.147. The van der Waals surface area contributed by atoms with Crippen LogP contribution in [0.4, 0.5) is 5.13 Å². The third-order valence-electron chi connectivity index (χ3n) is 5.01. The number of hydrogen-bond donors (Lipinski definition) is 1. The van der Waals surface area contributed by atoms with Crippen molar-refractivity contribution in [3.05, 3.63) is 5.82 Å². The SMILES string of the molecule is COCC1(C(=O)N2CCCN(c3nc(C)ns3)CC2)CCNCC1. The largest absolute Gasteiger partial charge is 0.384 e. The van der Waals surface area contributed by atoms with Crippen molar-refractivity contribution in [2.24, 2.45) is 5.41 Å². The molecule has 1 N–H and O–H groups in total. The van der Waals surface area contributed by atoms with Gasteiger partial charge in [0.25, 0.3) is 0 Å². The maximum absolute atomic E-state index is 13.2. The van der Waals surface area contributed by atoms with Crippen molar-refractivity contribution in [1.82, 2.24) is 19.6 Å².